The molecule has 11 nitrogen and oxygen atoms in total. The molecule has 3 aliphatic heterocycles. The van der Waals surface area contributed by atoms with Gasteiger partial charge < -0.3 is 52.5 Å². The van der Waals surface area contributed by atoms with Crippen molar-refractivity contribution in [3.63, 3.8) is 0 Å². The fourth-order valence-corrected chi connectivity index (χ4v) is 8.50. The number of hydrogen-bond acceptors (Lipinski definition) is 11. The monoisotopic (exact) mass is 860 g/mol. The first kappa shape index (κ1) is 41.6. The predicted molar refractivity (Wildman–Crippen MR) is 216 cm³/mol. The van der Waals surface area contributed by atoms with E-state index in [0.717, 1.165) is 26.7 Å². The van der Waals surface area contributed by atoms with Gasteiger partial charge in [0.2, 0.25) is 0 Å². The molecule has 8 rings (SSSR count). The maximum Gasteiger partial charge on any atom is 0.187 e. The number of aliphatic hydroxyl groups is 1. The molecule has 1 saturated carbocycles. The third-order valence-corrected chi connectivity index (χ3v) is 11.4. The van der Waals surface area contributed by atoms with Gasteiger partial charge in [-0.25, -0.2) is 0 Å². The lowest BCUT2D eigenvalue weighted by Gasteiger charge is -2.48. The average Bonchev–Trinajstić information content (AvgIpc) is 3.73. The van der Waals surface area contributed by atoms with Crippen molar-refractivity contribution in [2.24, 2.45) is 0 Å². The van der Waals surface area contributed by atoms with Crippen LogP contribution in [0.2, 0.25) is 0 Å². The summed E-state index contributed by atoms with van der Waals surface area (Å²) in [5.74, 6) is -1.94. The van der Waals surface area contributed by atoms with E-state index in [0.29, 0.717) is 13.2 Å². The molecule has 2 unspecified atom stereocenters. The molecule has 0 spiro atoms. The van der Waals surface area contributed by atoms with Crippen molar-refractivity contribution >= 4 is 15.9 Å². The summed E-state index contributed by atoms with van der Waals surface area (Å²) in [4.78, 5) is 0. The van der Waals surface area contributed by atoms with E-state index in [1.165, 1.54) is 0 Å². The highest BCUT2D eigenvalue weighted by Gasteiger charge is 2.65. The van der Waals surface area contributed by atoms with Crippen LogP contribution in [0.4, 0.5) is 0 Å². The molecule has 4 aromatic carbocycles. The summed E-state index contributed by atoms with van der Waals surface area (Å²) in [5, 5.41) is 12.3. The number of fused-ring (bicyclic) bond motifs is 2. The fraction of sp³-hybridized carbons (Fsp3) is 0.478. The lowest BCUT2D eigenvalue weighted by Crippen LogP contribution is -2.66. The highest BCUT2D eigenvalue weighted by atomic mass is 79.9. The highest BCUT2D eigenvalue weighted by Crippen LogP contribution is 2.47. The molecule has 58 heavy (non-hydrogen) atoms. The van der Waals surface area contributed by atoms with Crippen LogP contribution in [0.25, 0.3) is 0 Å². The van der Waals surface area contributed by atoms with Crippen LogP contribution in [0.15, 0.2) is 120 Å². The Morgan fingerprint density at radius 1 is 0.517 bits per heavy atom. The molecule has 0 bridgehead atoms. The van der Waals surface area contributed by atoms with Crippen LogP contribution >= 0.6 is 15.9 Å². The van der Waals surface area contributed by atoms with E-state index in [-0.39, 0.29) is 19.8 Å². The summed E-state index contributed by atoms with van der Waals surface area (Å²) < 4.78 is 67.2. The Morgan fingerprint density at radius 3 is 1.43 bits per heavy atom. The normalized spacial score (nSPS) is 32.4. The molecule has 3 heterocycles. The largest absolute Gasteiger partial charge is 0.385 e. The molecule has 4 aliphatic rings. The number of hydrogen-bond donors (Lipinski definition) is 1. The van der Waals surface area contributed by atoms with Gasteiger partial charge in [0.1, 0.15) is 61.0 Å². The number of ether oxygens (including phenoxy) is 10. The Morgan fingerprint density at radius 2 is 0.931 bits per heavy atom. The van der Waals surface area contributed by atoms with Gasteiger partial charge in [0.25, 0.3) is 0 Å². The summed E-state index contributed by atoms with van der Waals surface area (Å²) in [7, 11) is 0. The van der Waals surface area contributed by atoms with Gasteiger partial charge in [0.05, 0.1) is 33.0 Å². The minimum Gasteiger partial charge on any atom is -0.385 e. The Labute approximate surface area is 348 Å². The molecule has 4 aromatic rings. The van der Waals surface area contributed by atoms with Gasteiger partial charge in [-0.2, -0.15) is 0 Å². The quantitative estimate of drug-likeness (QED) is 0.131. The van der Waals surface area contributed by atoms with Gasteiger partial charge in [-0.1, -0.05) is 119 Å². The Balaban J connectivity index is 1.08. The molecule has 3 saturated heterocycles. The van der Waals surface area contributed by atoms with E-state index in [1.54, 1.807) is 0 Å². The van der Waals surface area contributed by atoms with Gasteiger partial charge >= 0.3 is 0 Å². The Hall–Kier alpha value is -3.08. The molecule has 0 aromatic heterocycles. The maximum absolute atomic E-state index is 12.3. The first-order chi connectivity index (χ1) is 28.0. The van der Waals surface area contributed by atoms with E-state index < -0.39 is 78.9 Å². The lowest BCUT2D eigenvalue weighted by atomic mass is 9.84. The van der Waals surface area contributed by atoms with Crippen molar-refractivity contribution in [3.05, 3.63) is 142 Å². The minimum atomic E-state index is -1.29. The number of benzene rings is 4. The van der Waals surface area contributed by atoms with Crippen molar-refractivity contribution in [2.75, 3.05) is 6.61 Å². The summed E-state index contributed by atoms with van der Waals surface area (Å²) in [6.07, 6.45) is -8.66. The molecular formula is C46H53BrO11. The fourth-order valence-electron chi connectivity index (χ4n) is 8.23. The number of aliphatic hydroxyl groups excluding tert-OH is 1. The topological polar surface area (TPSA) is 113 Å². The minimum absolute atomic E-state index is 0.139. The first-order valence-corrected chi connectivity index (χ1v) is 20.8. The standard InChI is InChI=1S/C46H53BrO11/c1-45(2)55-40-38(52-27-32-20-22-33(47)23-21-32)41-43(58-46(3,4)56-41)39(42(40)57-45)54-44-35(48)37(51-26-31-18-12-7-13-19-31)36(50-25-30-16-10-6-11-17-30)34(53-44)28-49-24-29-14-8-5-9-15-29/h5-23,34-44,48H,24-28H2,1-4H3/t34-,35+,36-,37-,38?,39?,40-,41-,42-,43+,44-/m1/s1. The molecule has 12 heteroatoms. The van der Waals surface area contributed by atoms with Crippen molar-refractivity contribution in [2.45, 2.75) is 133 Å². The van der Waals surface area contributed by atoms with Gasteiger partial charge in [-0.3, -0.25) is 0 Å². The average molecular weight is 862 g/mol. The predicted octanol–water partition coefficient (Wildman–Crippen LogP) is 7.25. The van der Waals surface area contributed by atoms with Crippen molar-refractivity contribution in [1.82, 2.24) is 0 Å². The van der Waals surface area contributed by atoms with E-state index >= 15 is 0 Å². The second-order valence-electron chi connectivity index (χ2n) is 16.2. The Bertz CT molecular complexity index is 1850. The first-order valence-electron chi connectivity index (χ1n) is 20.0. The van der Waals surface area contributed by atoms with Crippen LogP contribution in [-0.2, 0) is 73.8 Å². The lowest BCUT2D eigenvalue weighted by molar-refractivity contribution is -0.343. The highest BCUT2D eigenvalue weighted by molar-refractivity contribution is 9.10. The van der Waals surface area contributed by atoms with Gasteiger partial charge in [-0.15, -0.1) is 0 Å². The zero-order chi connectivity index (χ0) is 40.3. The van der Waals surface area contributed by atoms with E-state index in [2.05, 4.69) is 15.9 Å². The molecule has 1 N–H and O–H groups in total. The van der Waals surface area contributed by atoms with Crippen LogP contribution in [0.5, 0.6) is 0 Å². The third kappa shape index (κ3) is 9.92. The summed E-state index contributed by atoms with van der Waals surface area (Å²) >= 11 is 3.51. The number of halogens is 1. The van der Waals surface area contributed by atoms with E-state index in [1.807, 2.05) is 143 Å². The molecule has 310 valence electrons. The van der Waals surface area contributed by atoms with Crippen LogP contribution in [0.3, 0.4) is 0 Å². The van der Waals surface area contributed by atoms with Gasteiger partial charge in [0, 0.05) is 4.47 Å². The van der Waals surface area contributed by atoms with Crippen LogP contribution in [-0.4, -0.2) is 90.6 Å². The third-order valence-electron chi connectivity index (χ3n) is 10.8. The molecular weight excluding hydrogens is 808 g/mol. The Kier molecular flexibility index (Phi) is 13.1. The molecule has 1 aliphatic carbocycles. The van der Waals surface area contributed by atoms with Gasteiger partial charge in [0.15, 0.2) is 17.9 Å². The summed E-state index contributed by atoms with van der Waals surface area (Å²) in [6.45, 7) is 8.77. The summed E-state index contributed by atoms with van der Waals surface area (Å²) in [5.41, 5.74) is 3.93. The van der Waals surface area contributed by atoms with E-state index in [4.69, 9.17) is 47.4 Å². The molecule has 11 atom stereocenters. The second-order valence-corrected chi connectivity index (χ2v) is 17.1. The van der Waals surface area contributed by atoms with Crippen LogP contribution in [0.1, 0.15) is 49.9 Å². The van der Waals surface area contributed by atoms with E-state index in [9.17, 15) is 5.11 Å². The zero-order valence-corrected chi connectivity index (χ0v) is 34.8. The SMILES string of the molecule is CC1(C)O[C@@H]2C(OCc3ccc(Br)cc3)[C@H]3OC(C)(C)O[C@H]3C(O[C@H]3O[C@H](COCc4ccccc4)[C@@H](OCc4ccccc4)[C@H](OCc4ccccc4)[C@@H]3O)[C@H]2O1. The van der Waals surface area contributed by atoms with Crippen molar-refractivity contribution in [1.29, 1.82) is 0 Å². The summed E-state index contributed by atoms with van der Waals surface area (Å²) in [6, 6.07) is 37.6. The smallest absolute Gasteiger partial charge is 0.187 e. The zero-order valence-electron chi connectivity index (χ0n) is 33.3. The van der Waals surface area contributed by atoms with Crippen LogP contribution in [0, 0.1) is 0 Å². The number of rotatable bonds is 15. The molecule has 0 amide bonds. The second kappa shape index (κ2) is 18.3. The van der Waals surface area contributed by atoms with Crippen LogP contribution < -0.4 is 0 Å². The van der Waals surface area contributed by atoms with Crippen molar-refractivity contribution in [3.8, 4) is 0 Å². The molecule has 4 fully saturated rings. The maximum atomic E-state index is 12.3. The van der Waals surface area contributed by atoms with Gasteiger partial charge in [-0.05, 0) is 62.1 Å². The molecule has 0 radical (unpaired) electrons. The van der Waals surface area contributed by atoms with Crippen molar-refractivity contribution < 1.29 is 52.5 Å².